The molecule has 0 aliphatic carbocycles. The van der Waals surface area contributed by atoms with Crippen LogP contribution >= 0.6 is 0 Å². The maximum Gasteiger partial charge on any atom is 0.101 e. The molecule has 0 saturated heterocycles. The van der Waals surface area contributed by atoms with E-state index in [4.69, 9.17) is 0 Å². The van der Waals surface area contributed by atoms with Gasteiger partial charge in [-0.25, -0.2) is 0 Å². The van der Waals surface area contributed by atoms with E-state index in [0.29, 0.717) is 5.56 Å². The molecule has 0 aliphatic heterocycles. The highest BCUT2D eigenvalue weighted by molar-refractivity contribution is 5.97. The second kappa shape index (κ2) is 4.50. The summed E-state index contributed by atoms with van der Waals surface area (Å²) < 4.78 is 2.08. The molecule has 0 aliphatic rings. The molecule has 98 valence electrons. The maximum absolute atomic E-state index is 9.49. The lowest BCUT2D eigenvalue weighted by Gasteiger charge is -2.08. The summed E-state index contributed by atoms with van der Waals surface area (Å²) in [5, 5.41) is 11.8. The number of nitriles is 1. The third-order valence-corrected chi connectivity index (χ3v) is 3.84. The standard InChI is InChI=1S/C19H12N2/c20-13-15-12-16-8-3-4-11-21(16)19(15)18-10-5-7-14-6-1-2-9-17(14)18/h1-12H. The monoisotopic (exact) mass is 268 g/mol. The zero-order valence-corrected chi connectivity index (χ0v) is 11.3. The van der Waals surface area contributed by atoms with E-state index < -0.39 is 0 Å². The van der Waals surface area contributed by atoms with Crippen LogP contribution in [0.2, 0.25) is 0 Å². The largest absolute Gasteiger partial charge is 0.315 e. The van der Waals surface area contributed by atoms with Crippen LogP contribution in [0.1, 0.15) is 5.56 Å². The minimum absolute atomic E-state index is 0.706. The quantitative estimate of drug-likeness (QED) is 0.494. The second-order valence-electron chi connectivity index (χ2n) is 5.04. The number of fused-ring (bicyclic) bond motifs is 2. The van der Waals surface area contributed by atoms with Crippen LogP contribution in [0.3, 0.4) is 0 Å². The van der Waals surface area contributed by atoms with Crippen molar-refractivity contribution in [1.82, 2.24) is 4.40 Å². The van der Waals surface area contributed by atoms with Crippen molar-refractivity contribution in [1.29, 1.82) is 5.26 Å². The van der Waals surface area contributed by atoms with Crippen molar-refractivity contribution >= 4 is 16.3 Å². The predicted octanol–water partition coefficient (Wildman–Crippen LogP) is 4.63. The van der Waals surface area contributed by atoms with Gasteiger partial charge in [-0.05, 0) is 29.0 Å². The minimum Gasteiger partial charge on any atom is -0.315 e. The lowest BCUT2D eigenvalue weighted by Crippen LogP contribution is -1.90. The Morgan fingerprint density at radius 3 is 2.57 bits per heavy atom. The molecule has 0 radical (unpaired) electrons. The summed E-state index contributed by atoms with van der Waals surface area (Å²) in [4.78, 5) is 0. The fraction of sp³-hybridized carbons (Fsp3) is 0. The summed E-state index contributed by atoms with van der Waals surface area (Å²) >= 11 is 0. The number of hydrogen-bond donors (Lipinski definition) is 0. The van der Waals surface area contributed by atoms with Crippen LogP contribution in [0.4, 0.5) is 0 Å². The van der Waals surface area contributed by atoms with Gasteiger partial charge >= 0.3 is 0 Å². The van der Waals surface area contributed by atoms with E-state index in [-0.39, 0.29) is 0 Å². The van der Waals surface area contributed by atoms with Crippen LogP contribution in [0.5, 0.6) is 0 Å². The number of benzene rings is 2. The van der Waals surface area contributed by atoms with Gasteiger partial charge in [-0.2, -0.15) is 5.26 Å². The van der Waals surface area contributed by atoms with Crippen molar-refractivity contribution in [2.45, 2.75) is 0 Å². The molecule has 0 bridgehead atoms. The molecular formula is C19H12N2. The fourth-order valence-electron chi connectivity index (χ4n) is 2.92. The van der Waals surface area contributed by atoms with Crippen LogP contribution in [0.25, 0.3) is 27.5 Å². The maximum atomic E-state index is 9.49. The first-order valence-corrected chi connectivity index (χ1v) is 6.87. The fourth-order valence-corrected chi connectivity index (χ4v) is 2.92. The van der Waals surface area contributed by atoms with E-state index in [0.717, 1.165) is 16.8 Å². The van der Waals surface area contributed by atoms with Crippen LogP contribution in [0.15, 0.2) is 72.9 Å². The molecule has 0 fully saturated rings. The molecule has 4 aromatic rings. The first-order chi connectivity index (χ1) is 10.4. The summed E-state index contributed by atoms with van der Waals surface area (Å²) in [5.41, 5.74) is 3.80. The average Bonchev–Trinajstić information content (AvgIpc) is 2.92. The van der Waals surface area contributed by atoms with E-state index in [1.54, 1.807) is 0 Å². The Morgan fingerprint density at radius 2 is 1.67 bits per heavy atom. The highest BCUT2D eigenvalue weighted by atomic mass is 14.9. The lowest BCUT2D eigenvalue weighted by atomic mass is 10.0. The molecule has 4 rings (SSSR count). The van der Waals surface area contributed by atoms with Crippen molar-refractivity contribution < 1.29 is 0 Å². The zero-order chi connectivity index (χ0) is 14.2. The van der Waals surface area contributed by atoms with E-state index >= 15 is 0 Å². The summed E-state index contributed by atoms with van der Waals surface area (Å²) in [7, 11) is 0. The molecule has 21 heavy (non-hydrogen) atoms. The van der Waals surface area contributed by atoms with Gasteiger partial charge in [0.25, 0.3) is 0 Å². The second-order valence-corrected chi connectivity index (χ2v) is 5.04. The first kappa shape index (κ1) is 11.7. The molecule has 2 heterocycles. The van der Waals surface area contributed by atoms with Gasteiger partial charge in [0.05, 0.1) is 11.3 Å². The Labute approximate surface area is 122 Å². The lowest BCUT2D eigenvalue weighted by molar-refractivity contribution is 1.20. The molecule has 0 amide bonds. The molecule has 0 spiro atoms. The minimum atomic E-state index is 0.706. The molecule has 0 atom stereocenters. The van der Waals surface area contributed by atoms with E-state index in [1.807, 2.05) is 48.7 Å². The van der Waals surface area contributed by atoms with Gasteiger partial charge in [-0.15, -0.1) is 0 Å². The van der Waals surface area contributed by atoms with Crippen LogP contribution < -0.4 is 0 Å². The van der Waals surface area contributed by atoms with Crippen molar-refractivity contribution in [3.05, 3.63) is 78.5 Å². The zero-order valence-electron chi connectivity index (χ0n) is 11.3. The van der Waals surface area contributed by atoms with Crippen LogP contribution in [-0.2, 0) is 0 Å². The summed E-state index contributed by atoms with van der Waals surface area (Å²) in [6.45, 7) is 0. The van der Waals surface area contributed by atoms with Crippen molar-refractivity contribution in [2.75, 3.05) is 0 Å². The normalized spacial score (nSPS) is 10.8. The molecule has 0 unspecified atom stereocenters. The van der Waals surface area contributed by atoms with Gasteiger partial charge in [-0.3, -0.25) is 0 Å². The smallest absolute Gasteiger partial charge is 0.101 e. The highest BCUT2D eigenvalue weighted by Gasteiger charge is 2.13. The Kier molecular flexibility index (Phi) is 2.52. The van der Waals surface area contributed by atoms with E-state index in [1.165, 1.54) is 10.8 Å². The number of nitrogens with zero attached hydrogens (tertiary/aromatic N) is 2. The van der Waals surface area contributed by atoms with Crippen LogP contribution in [0, 0.1) is 11.3 Å². The van der Waals surface area contributed by atoms with Gasteiger partial charge in [0.2, 0.25) is 0 Å². The SMILES string of the molecule is N#Cc1cc2ccccn2c1-c1cccc2ccccc12. The van der Waals surface area contributed by atoms with E-state index in [9.17, 15) is 5.26 Å². The predicted molar refractivity (Wildman–Crippen MR) is 85.1 cm³/mol. The molecule has 2 heteroatoms. The van der Waals surface area contributed by atoms with Gasteiger partial charge in [0, 0.05) is 17.3 Å². The van der Waals surface area contributed by atoms with Crippen LogP contribution in [-0.4, -0.2) is 4.40 Å². The number of pyridine rings is 1. The van der Waals surface area contributed by atoms with Crippen molar-refractivity contribution in [2.24, 2.45) is 0 Å². The van der Waals surface area contributed by atoms with Crippen molar-refractivity contribution in [3.63, 3.8) is 0 Å². The Hall–Kier alpha value is -3.05. The Bertz CT molecular complexity index is 998. The van der Waals surface area contributed by atoms with Gasteiger partial charge < -0.3 is 4.40 Å². The van der Waals surface area contributed by atoms with E-state index in [2.05, 4.69) is 34.7 Å². The highest BCUT2D eigenvalue weighted by Crippen LogP contribution is 2.32. The summed E-state index contributed by atoms with van der Waals surface area (Å²) in [6, 6.07) is 24.8. The van der Waals surface area contributed by atoms with Gasteiger partial charge in [0.1, 0.15) is 6.07 Å². The van der Waals surface area contributed by atoms with Gasteiger partial charge in [-0.1, -0.05) is 48.5 Å². The Balaban J connectivity index is 2.17. The first-order valence-electron chi connectivity index (χ1n) is 6.87. The number of rotatable bonds is 1. The molecule has 0 N–H and O–H groups in total. The van der Waals surface area contributed by atoms with Crippen molar-refractivity contribution in [3.8, 4) is 17.3 Å². The third-order valence-electron chi connectivity index (χ3n) is 3.84. The third kappa shape index (κ3) is 1.72. The summed E-state index contributed by atoms with van der Waals surface area (Å²) in [5.74, 6) is 0. The molecule has 2 aromatic heterocycles. The molecular weight excluding hydrogens is 256 g/mol. The average molecular weight is 268 g/mol. The number of aromatic nitrogens is 1. The molecule has 0 saturated carbocycles. The van der Waals surface area contributed by atoms with Gasteiger partial charge in [0.15, 0.2) is 0 Å². The Morgan fingerprint density at radius 1 is 0.857 bits per heavy atom. The molecule has 2 aromatic carbocycles. The topological polar surface area (TPSA) is 28.2 Å². The summed E-state index contributed by atoms with van der Waals surface area (Å²) in [6.07, 6.45) is 2.01. The number of hydrogen-bond acceptors (Lipinski definition) is 1. The molecule has 2 nitrogen and oxygen atoms in total.